The Kier molecular flexibility index (Phi) is 5.44. The third kappa shape index (κ3) is 3.52. The fourth-order valence-electron chi connectivity index (χ4n) is 2.10. The molecule has 20 heavy (non-hydrogen) atoms. The van der Waals surface area contributed by atoms with Gasteiger partial charge >= 0.3 is 0 Å². The topological polar surface area (TPSA) is 39.1 Å². The lowest BCUT2D eigenvalue weighted by molar-refractivity contribution is 0.291. The monoisotopic (exact) mass is 293 g/mol. The van der Waals surface area contributed by atoms with E-state index in [-0.39, 0.29) is 0 Å². The highest BCUT2D eigenvalue weighted by atomic mass is 35.5. The van der Waals surface area contributed by atoms with Gasteiger partial charge in [-0.25, -0.2) is 4.98 Å². The van der Waals surface area contributed by atoms with Gasteiger partial charge in [0, 0.05) is 18.7 Å². The summed E-state index contributed by atoms with van der Waals surface area (Å²) in [6.45, 7) is 4.29. The van der Waals surface area contributed by atoms with Crippen molar-refractivity contribution >= 4 is 11.6 Å². The summed E-state index contributed by atoms with van der Waals surface area (Å²) in [7, 11) is 1.90. The predicted molar refractivity (Wildman–Crippen MR) is 81.1 cm³/mol. The summed E-state index contributed by atoms with van der Waals surface area (Å²) in [6, 6.07) is 5.80. The van der Waals surface area contributed by atoms with Gasteiger partial charge in [-0.1, -0.05) is 30.7 Å². The molecule has 0 atom stereocenters. The highest BCUT2D eigenvalue weighted by Gasteiger charge is 2.09. The van der Waals surface area contributed by atoms with Crippen molar-refractivity contribution in [3.63, 3.8) is 0 Å². The number of rotatable bonds is 7. The van der Waals surface area contributed by atoms with Crippen molar-refractivity contribution in [2.24, 2.45) is 0 Å². The van der Waals surface area contributed by atoms with E-state index in [9.17, 15) is 0 Å². The Bertz CT molecular complexity index is 554. The molecule has 2 rings (SSSR count). The molecule has 0 aliphatic carbocycles. The van der Waals surface area contributed by atoms with Crippen molar-refractivity contribution < 1.29 is 4.74 Å². The molecular formula is C15H20ClN3O. The molecule has 108 valence electrons. The van der Waals surface area contributed by atoms with Crippen LogP contribution in [-0.4, -0.2) is 16.6 Å². The van der Waals surface area contributed by atoms with E-state index in [0.29, 0.717) is 11.6 Å². The predicted octanol–water partition coefficient (Wildman–Crippen LogP) is 3.24. The fraction of sp³-hybridized carbons (Fsp3) is 0.400. The maximum absolute atomic E-state index is 6.23. The van der Waals surface area contributed by atoms with Gasteiger partial charge < -0.3 is 14.6 Å². The molecule has 0 unspecified atom stereocenters. The van der Waals surface area contributed by atoms with Crippen LogP contribution in [0.15, 0.2) is 30.7 Å². The molecule has 1 heterocycles. The summed E-state index contributed by atoms with van der Waals surface area (Å²) in [5.74, 6) is 0.743. The zero-order valence-corrected chi connectivity index (χ0v) is 12.7. The second-order valence-electron chi connectivity index (χ2n) is 4.63. The average molecular weight is 294 g/mol. The first-order valence-corrected chi connectivity index (χ1v) is 7.17. The molecule has 0 spiro atoms. The van der Waals surface area contributed by atoms with Crippen molar-refractivity contribution in [1.82, 2.24) is 14.9 Å². The van der Waals surface area contributed by atoms with Crippen molar-refractivity contribution in [1.29, 1.82) is 0 Å². The standard InChI is InChI=1S/C15H20ClN3O/c1-3-7-19-11-18-9-13(19)10-20-15-12(8-17-2)5-4-6-14(15)16/h4-6,9,11,17H,3,7-8,10H2,1-2H3. The number of ether oxygens (including phenoxy) is 1. The van der Waals surface area contributed by atoms with Gasteiger partial charge in [0.1, 0.15) is 12.4 Å². The van der Waals surface area contributed by atoms with E-state index < -0.39 is 0 Å². The Morgan fingerprint density at radius 1 is 1.40 bits per heavy atom. The largest absolute Gasteiger partial charge is 0.485 e. The van der Waals surface area contributed by atoms with Crippen LogP contribution in [0.5, 0.6) is 5.75 Å². The minimum atomic E-state index is 0.473. The fourth-order valence-corrected chi connectivity index (χ4v) is 2.35. The lowest BCUT2D eigenvalue weighted by Crippen LogP contribution is -2.09. The van der Waals surface area contributed by atoms with Crippen LogP contribution < -0.4 is 10.1 Å². The van der Waals surface area contributed by atoms with Crippen molar-refractivity contribution in [2.75, 3.05) is 7.05 Å². The summed E-state index contributed by atoms with van der Waals surface area (Å²) >= 11 is 6.23. The van der Waals surface area contributed by atoms with Crippen LogP contribution in [0, 0.1) is 0 Å². The molecule has 0 amide bonds. The van der Waals surface area contributed by atoms with E-state index in [4.69, 9.17) is 16.3 Å². The molecule has 0 radical (unpaired) electrons. The summed E-state index contributed by atoms with van der Waals surface area (Å²) in [5, 5.41) is 3.76. The number of aromatic nitrogens is 2. The highest BCUT2D eigenvalue weighted by Crippen LogP contribution is 2.29. The number of nitrogens with zero attached hydrogens (tertiary/aromatic N) is 2. The first kappa shape index (κ1) is 14.9. The average Bonchev–Trinajstić information content (AvgIpc) is 2.86. The van der Waals surface area contributed by atoms with Crippen LogP contribution in [0.4, 0.5) is 0 Å². The zero-order chi connectivity index (χ0) is 14.4. The second kappa shape index (κ2) is 7.31. The van der Waals surface area contributed by atoms with E-state index in [1.165, 1.54) is 0 Å². The van der Waals surface area contributed by atoms with Gasteiger partial charge in [-0.3, -0.25) is 0 Å². The lowest BCUT2D eigenvalue weighted by atomic mass is 10.2. The van der Waals surface area contributed by atoms with Crippen LogP contribution in [0.3, 0.4) is 0 Å². The van der Waals surface area contributed by atoms with Crippen molar-refractivity contribution in [2.45, 2.75) is 33.0 Å². The smallest absolute Gasteiger partial charge is 0.142 e. The zero-order valence-electron chi connectivity index (χ0n) is 11.9. The Balaban J connectivity index is 2.12. The lowest BCUT2D eigenvalue weighted by Gasteiger charge is -2.14. The first-order valence-electron chi connectivity index (χ1n) is 6.80. The van der Waals surface area contributed by atoms with E-state index in [1.54, 1.807) is 0 Å². The van der Waals surface area contributed by atoms with Gasteiger partial charge in [0.2, 0.25) is 0 Å². The Morgan fingerprint density at radius 2 is 2.25 bits per heavy atom. The minimum Gasteiger partial charge on any atom is -0.485 e. The van der Waals surface area contributed by atoms with Gasteiger partial charge in [0.25, 0.3) is 0 Å². The van der Waals surface area contributed by atoms with E-state index in [1.807, 2.05) is 37.8 Å². The SMILES string of the molecule is CCCn1cncc1COc1c(Cl)cccc1CNC. The van der Waals surface area contributed by atoms with Gasteiger partial charge in [0.15, 0.2) is 0 Å². The Labute approximate surface area is 124 Å². The molecule has 0 aliphatic rings. The maximum atomic E-state index is 6.23. The minimum absolute atomic E-state index is 0.473. The van der Waals surface area contributed by atoms with E-state index >= 15 is 0 Å². The van der Waals surface area contributed by atoms with Gasteiger partial charge in [-0.2, -0.15) is 0 Å². The first-order chi connectivity index (χ1) is 9.76. The van der Waals surface area contributed by atoms with Crippen LogP contribution in [0.25, 0.3) is 0 Å². The van der Waals surface area contributed by atoms with Crippen LogP contribution in [-0.2, 0) is 19.7 Å². The molecule has 0 bridgehead atoms. The van der Waals surface area contributed by atoms with E-state index in [2.05, 4.69) is 21.8 Å². The Hall–Kier alpha value is -1.52. The number of hydrogen-bond donors (Lipinski definition) is 1. The van der Waals surface area contributed by atoms with Crippen LogP contribution >= 0.6 is 11.6 Å². The number of para-hydroxylation sites is 1. The number of aryl methyl sites for hydroxylation is 1. The van der Waals surface area contributed by atoms with Crippen molar-refractivity contribution in [3.05, 3.63) is 47.0 Å². The highest BCUT2D eigenvalue weighted by molar-refractivity contribution is 6.32. The molecule has 2 aromatic rings. The summed E-state index contributed by atoms with van der Waals surface area (Å²) in [4.78, 5) is 4.17. The summed E-state index contributed by atoms with van der Waals surface area (Å²) in [6.07, 6.45) is 4.74. The number of hydrogen-bond acceptors (Lipinski definition) is 3. The van der Waals surface area contributed by atoms with Gasteiger partial charge in [-0.05, 0) is 19.5 Å². The molecule has 5 heteroatoms. The quantitative estimate of drug-likeness (QED) is 0.852. The third-order valence-corrected chi connectivity index (χ3v) is 3.34. The van der Waals surface area contributed by atoms with Gasteiger partial charge in [0.05, 0.1) is 23.2 Å². The maximum Gasteiger partial charge on any atom is 0.142 e. The summed E-state index contributed by atoms with van der Waals surface area (Å²) < 4.78 is 8.02. The third-order valence-electron chi connectivity index (χ3n) is 3.04. The molecule has 1 aromatic heterocycles. The van der Waals surface area contributed by atoms with Crippen LogP contribution in [0.2, 0.25) is 5.02 Å². The number of imidazole rings is 1. The molecule has 0 fully saturated rings. The summed E-state index contributed by atoms with van der Waals surface area (Å²) in [5.41, 5.74) is 2.11. The number of halogens is 1. The molecule has 0 saturated carbocycles. The Morgan fingerprint density at radius 3 is 3.00 bits per heavy atom. The molecule has 1 N–H and O–H groups in total. The molecular weight excluding hydrogens is 274 g/mol. The molecule has 0 saturated heterocycles. The number of nitrogens with one attached hydrogen (secondary N) is 1. The normalized spacial score (nSPS) is 10.8. The van der Waals surface area contributed by atoms with E-state index in [0.717, 1.165) is 36.5 Å². The second-order valence-corrected chi connectivity index (χ2v) is 5.03. The van der Waals surface area contributed by atoms with Crippen molar-refractivity contribution in [3.8, 4) is 5.75 Å². The molecule has 0 aliphatic heterocycles. The molecule has 1 aromatic carbocycles. The van der Waals surface area contributed by atoms with Gasteiger partial charge in [-0.15, -0.1) is 0 Å². The molecule has 4 nitrogen and oxygen atoms in total. The number of benzene rings is 1. The van der Waals surface area contributed by atoms with Crippen LogP contribution in [0.1, 0.15) is 24.6 Å².